The van der Waals surface area contributed by atoms with Gasteiger partial charge in [0, 0.05) is 31.1 Å². The van der Waals surface area contributed by atoms with Gasteiger partial charge in [0.05, 0.1) is 22.4 Å². The lowest BCUT2D eigenvalue weighted by Gasteiger charge is -2.26. The molecule has 0 saturated heterocycles. The molecule has 0 radical (unpaired) electrons. The number of pyridine rings is 1. The molecule has 2 aromatic heterocycles. The third-order valence-corrected chi connectivity index (χ3v) is 9.71. The molecule has 1 aliphatic rings. The van der Waals surface area contributed by atoms with Crippen LogP contribution in [-0.4, -0.2) is 16.2 Å². The molecule has 0 unspecified atom stereocenters. The van der Waals surface area contributed by atoms with Crippen LogP contribution in [0.4, 0.5) is 22.7 Å². The van der Waals surface area contributed by atoms with Gasteiger partial charge in [-0.05, 0) is 100 Å². The predicted octanol–water partition coefficient (Wildman–Crippen LogP) is 11.6. The van der Waals surface area contributed by atoms with E-state index < -0.39 is 6.37 Å². The Labute approximate surface area is 293 Å². The summed E-state index contributed by atoms with van der Waals surface area (Å²) in [5.41, 5.74) is 9.64. The van der Waals surface area contributed by atoms with Crippen molar-refractivity contribution in [3.8, 4) is 5.82 Å². The molecule has 5 aromatic carbocycles. The van der Waals surface area contributed by atoms with Gasteiger partial charge in [-0.3, -0.25) is 4.57 Å². The van der Waals surface area contributed by atoms with E-state index in [0.29, 0.717) is 17.8 Å². The smallest absolute Gasteiger partial charge is 0.137 e. The Balaban J connectivity index is 1.28. The number of hydrogen-bond donors (Lipinski definition) is 0. The number of anilines is 4. The molecule has 4 nitrogen and oxygen atoms in total. The Bertz CT molecular complexity index is 2410. The van der Waals surface area contributed by atoms with Crippen molar-refractivity contribution in [1.82, 2.24) is 9.55 Å². The maximum absolute atomic E-state index is 9.81. The summed E-state index contributed by atoms with van der Waals surface area (Å²) >= 11 is 0. The highest BCUT2D eigenvalue weighted by Gasteiger charge is 2.29. The summed E-state index contributed by atoms with van der Waals surface area (Å²) in [6, 6.07) is 44.0. The first-order valence-corrected chi connectivity index (χ1v) is 17.2. The zero-order valence-electron chi connectivity index (χ0n) is 31.2. The van der Waals surface area contributed by atoms with Gasteiger partial charge in [0.1, 0.15) is 12.5 Å². The maximum Gasteiger partial charge on any atom is 0.137 e. The molecule has 0 atom stereocenters. The number of benzene rings is 5. The fraction of sp³-hybridized carbons (Fsp3) is 0.222. The fourth-order valence-electron chi connectivity index (χ4n) is 7.01. The summed E-state index contributed by atoms with van der Waals surface area (Å²) in [6.07, 6.45) is 0.0964. The van der Waals surface area contributed by atoms with E-state index in [1.807, 2.05) is 24.4 Å². The topological polar surface area (TPSA) is 24.3 Å². The van der Waals surface area contributed by atoms with Gasteiger partial charge in [0.15, 0.2) is 0 Å². The van der Waals surface area contributed by atoms with Crippen molar-refractivity contribution in [3.63, 3.8) is 0 Å². The molecule has 0 saturated carbocycles. The molecular formula is C45H44N4. The van der Waals surface area contributed by atoms with E-state index in [-0.39, 0.29) is 10.8 Å². The number of aromatic nitrogens is 2. The first-order valence-electron chi connectivity index (χ1n) is 18.2. The second-order valence-electron chi connectivity index (χ2n) is 15.2. The lowest BCUT2D eigenvalue weighted by Crippen LogP contribution is -2.24. The largest absolute Gasteiger partial charge is 0.321 e. The molecular weight excluding hydrogens is 597 g/mol. The van der Waals surface area contributed by atoms with Gasteiger partial charge >= 0.3 is 0 Å². The molecule has 7 aromatic rings. The van der Waals surface area contributed by atoms with E-state index in [9.17, 15) is 2.74 Å². The van der Waals surface area contributed by atoms with Crippen LogP contribution in [0.2, 0.25) is 0 Å². The Morgan fingerprint density at radius 2 is 1.22 bits per heavy atom. The molecule has 4 heteroatoms. The summed E-state index contributed by atoms with van der Waals surface area (Å²) in [5.74, 6) is 0.832. The van der Waals surface area contributed by atoms with E-state index in [1.165, 1.54) is 5.56 Å². The number of hydrogen-bond acceptors (Lipinski definition) is 3. The van der Waals surface area contributed by atoms with Gasteiger partial charge in [-0.2, -0.15) is 0 Å². The molecule has 244 valence electrons. The standard InChI is InChI=1S/C45H44N4/c1-44(2,3)33-22-23-46-43(29-33)49-39-17-11-10-16-37(39)38-21-20-31(27-42(38)49)24-32-25-34(45(4,5)6)28-36(26-32)48-30-47(35-14-8-7-9-15-35)40-18-12-13-19-41(40)48/h7-23,25-29H,24,30H2,1-6H3/i24D2. The third kappa shape index (κ3) is 5.65. The Kier molecular flexibility index (Phi) is 6.82. The van der Waals surface area contributed by atoms with Gasteiger partial charge in [0.2, 0.25) is 0 Å². The van der Waals surface area contributed by atoms with Crippen LogP contribution in [0, 0.1) is 0 Å². The zero-order chi connectivity index (χ0) is 35.7. The monoisotopic (exact) mass is 642 g/mol. The normalized spacial score (nSPS) is 14.3. The molecule has 0 amide bonds. The second kappa shape index (κ2) is 11.7. The first kappa shape index (κ1) is 28.6. The van der Waals surface area contributed by atoms with Crippen molar-refractivity contribution in [2.24, 2.45) is 0 Å². The van der Waals surface area contributed by atoms with Crippen LogP contribution >= 0.6 is 0 Å². The Morgan fingerprint density at radius 3 is 1.96 bits per heavy atom. The Hall–Kier alpha value is -5.35. The summed E-state index contributed by atoms with van der Waals surface area (Å²) in [5, 5.41) is 2.20. The van der Waals surface area contributed by atoms with Crippen molar-refractivity contribution in [1.29, 1.82) is 0 Å². The molecule has 3 heterocycles. The highest BCUT2D eigenvalue weighted by Crippen LogP contribution is 2.45. The van der Waals surface area contributed by atoms with Crippen LogP contribution in [0.5, 0.6) is 0 Å². The minimum Gasteiger partial charge on any atom is -0.321 e. The van der Waals surface area contributed by atoms with Crippen LogP contribution in [0.3, 0.4) is 0 Å². The van der Waals surface area contributed by atoms with Crippen LogP contribution in [-0.2, 0) is 17.2 Å². The summed E-state index contributed by atoms with van der Waals surface area (Å²) in [4.78, 5) is 9.48. The van der Waals surface area contributed by atoms with E-state index in [2.05, 4.69) is 165 Å². The second-order valence-corrected chi connectivity index (χ2v) is 15.2. The van der Waals surface area contributed by atoms with Gasteiger partial charge in [-0.1, -0.05) is 108 Å². The molecule has 0 fully saturated rings. The SMILES string of the molecule is [2H]C([2H])(c1cc(N2CN(c3ccccc3)c3ccccc32)cc(C(C)(C)C)c1)c1ccc2c3ccccc3n(-c3cc(C(C)(C)C)ccn3)c2c1. The average molecular weight is 643 g/mol. The zero-order valence-corrected chi connectivity index (χ0v) is 29.2. The molecule has 0 aliphatic carbocycles. The van der Waals surface area contributed by atoms with Crippen LogP contribution in [0.1, 0.15) is 66.5 Å². The summed E-state index contributed by atoms with van der Waals surface area (Å²) in [6.45, 7) is 13.9. The van der Waals surface area contributed by atoms with Crippen molar-refractivity contribution >= 4 is 44.6 Å². The maximum atomic E-state index is 9.81. The van der Waals surface area contributed by atoms with E-state index >= 15 is 0 Å². The van der Waals surface area contributed by atoms with Crippen molar-refractivity contribution in [2.45, 2.75) is 58.7 Å². The lowest BCUT2D eigenvalue weighted by molar-refractivity contribution is 0.588. The molecule has 8 rings (SSSR count). The molecule has 1 aliphatic heterocycles. The molecule has 0 N–H and O–H groups in total. The van der Waals surface area contributed by atoms with Gasteiger partial charge < -0.3 is 9.80 Å². The predicted molar refractivity (Wildman–Crippen MR) is 207 cm³/mol. The average Bonchev–Trinajstić information content (AvgIpc) is 3.67. The third-order valence-electron chi connectivity index (χ3n) is 9.71. The van der Waals surface area contributed by atoms with Crippen molar-refractivity contribution < 1.29 is 2.74 Å². The highest BCUT2D eigenvalue weighted by atomic mass is 15.4. The molecule has 49 heavy (non-hydrogen) atoms. The van der Waals surface area contributed by atoms with E-state index in [1.54, 1.807) is 0 Å². The first-order chi connectivity index (χ1) is 24.3. The van der Waals surface area contributed by atoms with Crippen LogP contribution in [0.25, 0.3) is 27.6 Å². The molecule has 0 bridgehead atoms. The van der Waals surface area contributed by atoms with Gasteiger partial charge in [-0.25, -0.2) is 4.98 Å². The van der Waals surface area contributed by atoms with Gasteiger partial charge in [-0.15, -0.1) is 0 Å². The van der Waals surface area contributed by atoms with Crippen molar-refractivity contribution in [2.75, 3.05) is 16.5 Å². The molecule has 0 spiro atoms. The number of para-hydroxylation sites is 4. The van der Waals surface area contributed by atoms with Crippen molar-refractivity contribution in [3.05, 3.63) is 156 Å². The van der Waals surface area contributed by atoms with E-state index in [0.717, 1.165) is 55.9 Å². The quantitative estimate of drug-likeness (QED) is 0.187. The summed E-state index contributed by atoms with van der Waals surface area (Å²) < 4.78 is 21.8. The van der Waals surface area contributed by atoms with Crippen LogP contribution < -0.4 is 9.80 Å². The number of nitrogens with zero attached hydrogens (tertiary/aromatic N) is 4. The Morgan fingerprint density at radius 1 is 0.571 bits per heavy atom. The summed E-state index contributed by atoms with van der Waals surface area (Å²) in [7, 11) is 0. The minimum atomic E-state index is -1.79. The lowest BCUT2D eigenvalue weighted by atomic mass is 9.85. The highest BCUT2D eigenvalue weighted by molar-refractivity contribution is 6.09. The van der Waals surface area contributed by atoms with Crippen LogP contribution in [0.15, 0.2) is 134 Å². The minimum absolute atomic E-state index is 0.0388. The number of fused-ring (bicyclic) bond motifs is 4. The van der Waals surface area contributed by atoms with Gasteiger partial charge in [0.25, 0.3) is 0 Å². The fourth-order valence-corrected chi connectivity index (χ4v) is 7.01. The van der Waals surface area contributed by atoms with E-state index in [4.69, 9.17) is 4.98 Å². The number of rotatable bonds is 5.